The molecule has 170 valence electrons. The van der Waals surface area contributed by atoms with Crippen molar-refractivity contribution in [3.8, 4) is 0 Å². The SMILES string of the molecule is CC(CCNC(=O)c1ccc(Cn2c(=O)c3cccn3c3cccnc32)cc1)N1CCCC1. The number of carbonyl (C=O) groups is 1. The van der Waals surface area contributed by atoms with E-state index >= 15 is 0 Å². The van der Waals surface area contributed by atoms with Gasteiger partial charge in [0.15, 0.2) is 5.65 Å². The van der Waals surface area contributed by atoms with Crippen LogP contribution in [0, 0.1) is 0 Å². The van der Waals surface area contributed by atoms with Gasteiger partial charge in [0.05, 0.1) is 12.1 Å². The van der Waals surface area contributed by atoms with Crippen molar-refractivity contribution in [2.75, 3.05) is 19.6 Å². The van der Waals surface area contributed by atoms with Gasteiger partial charge in [0.1, 0.15) is 5.52 Å². The molecule has 0 bridgehead atoms. The number of likely N-dealkylation sites (tertiary alicyclic amines) is 1. The molecule has 3 aromatic heterocycles. The number of benzene rings is 1. The van der Waals surface area contributed by atoms with Gasteiger partial charge in [-0.3, -0.25) is 14.2 Å². The average Bonchev–Trinajstić information content (AvgIpc) is 3.55. The minimum atomic E-state index is -0.0832. The van der Waals surface area contributed by atoms with Crippen molar-refractivity contribution in [2.45, 2.75) is 38.8 Å². The van der Waals surface area contributed by atoms with Crippen molar-refractivity contribution >= 4 is 22.6 Å². The van der Waals surface area contributed by atoms with E-state index in [-0.39, 0.29) is 11.5 Å². The zero-order chi connectivity index (χ0) is 22.8. The Morgan fingerprint density at radius 1 is 1.06 bits per heavy atom. The lowest BCUT2D eigenvalue weighted by Gasteiger charge is -2.23. The molecule has 0 aliphatic carbocycles. The fourth-order valence-electron chi connectivity index (χ4n) is 4.74. The van der Waals surface area contributed by atoms with E-state index in [2.05, 4.69) is 22.1 Å². The van der Waals surface area contributed by atoms with Crippen LogP contribution in [0.5, 0.6) is 0 Å². The predicted molar refractivity (Wildman–Crippen MR) is 130 cm³/mol. The van der Waals surface area contributed by atoms with Crippen molar-refractivity contribution < 1.29 is 4.79 Å². The molecule has 0 saturated carbocycles. The lowest BCUT2D eigenvalue weighted by Crippen LogP contribution is -2.34. The highest BCUT2D eigenvalue weighted by Gasteiger charge is 2.18. The standard InChI is InChI=1S/C26H29N5O2/c1-19(29-15-2-3-16-29)12-14-28-25(32)21-10-8-20(9-11-21)18-31-24-22(6-4-13-27-24)30-17-5-7-23(30)26(31)33/h4-11,13,17,19H,2-3,12,14-16,18H2,1H3,(H,28,32). The van der Waals surface area contributed by atoms with Gasteiger partial charge in [0.25, 0.3) is 11.5 Å². The van der Waals surface area contributed by atoms with E-state index in [9.17, 15) is 9.59 Å². The van der Waals surface area contributed by atoms with E-state index < -0.39 is 0 Å². The molecular formula is C26H29N5O2. The minimum Gasteiger partial charge on any atom is -0.352 e. The summed E-state index contributed by atoms with van der Waals surface area (Å²) in [5.74, 6) is -0.0611. The summed E-state index contributed by atoms with van der Waals surface area (Å²) in [6.45, 7) is 5.63. The van der Waals surface area contributed by atoms with Gasteiger partial charge in [-0.15, -0.1) is 0 Å². The second kappa shape index (κ2) is 9.19. The summed E-state index contributed by atoms with van der Waals surface area (Å²) in [5, 5.41) is 3.04. The molecular weight excluding hydrogens is 414 g/mol. The number of nitrogens with zero attached hydrogens (tertiary/aromatic N) is 4. The van der Waals surface area contributed by atoms with Gasteiger partial charge >= 0.3 is 0 Å². The molecule has 5 rings (SSSR count). The molecule has 1 fully saturated rings. The number of aromatic nitrogens is 3. The Morgan fingerprint density at radius 2 is 1.82 bits per heavy atom. The summed E-state index contributed by atoms with van der Waals surface area (Å²) >= 11 is 0. The van der Waals surface area contributed by atoms with Crippen LogP contribution in [0.15, 0.2) is 65.7 Å². The second-order valence-electron chi connectivity index (χ2n) is 8.83. The minimum absolute atomic E-state index is 0.0611. The molecule has 1 aromatic carbocycles. The Morgan fingerprint density at radius 3 is 2.61 bits per heavy atom. The molecule has 1 atom stereocenters. The van der Waals surface area contributed by atoms with Crippen LogP contribution < -0.4 is 10.9 Å². The fourth-order valence-corrected chi connectivity index (χ4v) is 4.74. The molecule has 4 heterocycles. The number of amides is 1. The van der Waals surface area contributed by atoms with Crippen LogP contribution in [-0.2, 0) is 6.54 Å². The van der Waals surface area contributed by atoms with Gasteiger partial charge in [-0.1, -0.05) is 12.1 Å². The van der Waals surface area contributed by atoms with Crippen molar-refractivity contribution in [2.24, 2.45) is 0 Å². The monoisotopic (exact) mass is 443 g/mol. The number of hydrogen-bond acceptors (Lipinski definition) is 4. The van der Waals surface area contributed by atoms with Crippen LogP contribution in [0.25, 0.3) is 16.7 Å². The van der Waals surface area contributed by atoms with Crippen molar-refractivity contribution in [1.82, 2.24) is 24.2 Å². The molecule has 1 aliphatic rings. The zero-order valence-electron chi connectivity index (χ0n) is 18.9. The summed E-state index contributed by atoms with van der Waals surface area (Å²) in [5.41, 5.74) is 3.63. The number of hydrogen-bond donors (Lipinski definition) is 1. The lowest BCUT2D eigenvalue weighted by molar-refractivity contribution is 0.0949. The highest BCUT2D eigenvalue weighted by Crippen LogP contribution is 2.15. The van der Waals surface area contributed by atoms with Gasteiger partial charge in [0.2, 0.25) is 0 Å². The van der Waals surface area contributed by atoms with Gasteiger partial charge in [-0.2, -0.15) is 0 Å². The lowest BCUT2D eigenvalue weighted by atomic mass is 10.1. The van der Waals surface area contributed by atoms with Crippen LogP contribution in [0.1, 0.15) is 42.1 Å². The smallest absolute Gasteiger partial charge is 0.276 e. The third-order valence-electron chi connectivity index (χ3n) is 6.66. The molecule has 7 heteroatoms. The average molecular weight is 444 g/mol. The first-order chi connectivity index (χ1) is 16.1. The van der Waals surface area contributed by atoms with Crippen molar-refractivity contribution in [3.63, 3.8) is 0 Å². The fraction of sp³-hybridized carbons (Fsp3) is 0.346. The first-order valence-corrected chi connectivity index (χ1v) is 11.7. The summed E-state index contributed by atoms with van der Waals surface area (Å²) in [4.78, 5) is 32.6. The van der Waals surface area contributed by atoms with E-state index in [4.69, 9.17) is 0 Å². The number of pyridine rings is 1. The summed E-state index contributed by atoms with van der Waals surface area (Å²) < 4.78 is 3.57. The first-order valence-electron chi connectivity index (χ1n) is 11.7. The van der Waals surface area contributed by atoms with E-state index in [1.54, 1.807) is 10.8 Å². The highest BCUT2D eigenvalue weighted by molar-refractivity contribution is 5.94. The van der Waals surface area contributed by atoms with Gasteiger partial charge in [-0.05, 0) is 81.2 Å². The Bertz CT molecular complexity index is 1330. The summed E-state index contributed by atoms with van der Waals surface area (Å²) in [6, 6.07) is 15.5. The maximum absolute atomic E-state index is 13.1. The molecule has 0 spiro atoms. The molecule has 1 saturated heterocycles. The third-order valence-corrected chi connectivity index (χ3v) is 6.66. The van der Waals surface area contributed by atoms with Gasteiger partial charge < -0.3 is 14.6 Å². The van der Waals surface area contributed by atoms with Crippen LogP contribution in [0.2, 0.25) is 0 Å². The topological polar surface area (TPSA) is 71.6 Å². The number of nitrogens with one attached hydrogen (secondary N) is 1. The maximum Gasteiger partial charge on any atom is 0.276 e. The predicted octanol–water partition coefficient (Wildman–Crippen LogP) is 3.30. The second-order valence-corrected chi connectivity index (χ2v) is 8.83. The number of carbonyl (C=O) groups excluding carboxylic acids is 1. The number of rotatable bonds is 7. The summed E-state index contributed by atoms with van der Waals surface area (Å²) in [7, 11) is 0. The largest absolute Gasteiger partial charge is 0.352 e. The van der Waals surface area contributed by atoms with Gasteiger partial charge in [-0.25, -0.2) is 4.98 Å². The number of fused-ring (bicyclic) bond motifs is 3. The molecule has 1 amide bonds. The van der Waals surface area contributed by atoms with E-state index in [1.807, 2.05) is 59.1 Å². The van der Waals surface area contributed by atoms with E-state index in [0.29, 0.717) is 35.9 Å². The highest BCUT2D eigenvalue weighted by atomic mass is 16.1. The Kier molecular flexibility index (Phi) is 5.96. The van der Waals surface area contributed by atoms with E-state index in [1.165, 1.54) is 25.9 Å². The first kappa shape index (κ1) is 21.4. The Balaban J connectivity index is 1.28. The zero-order valence-corrected chi connectivity index (χ0v) is 18.9. The van der Waals surface area contributed by atoms with Crippen LogP contribution in [-0.4, -0.2) is 50.4 Å². The van der Waals surface area contributed by atoms with Crippen LogP contribution >= 0.6 is 0 Å². The quantitative estimate of drug-likeness (QED) is 0.476. The van der Waals surface area contributed by atoms with Crippen LogP contribution in [0.3, 0.4) is 0 Å². The molecule has 1 N–H and O–H groups in total. The third kappa shape index (κ3) is 4.28. The van der Waals surface area contributed by atoms with Crippen molar-refractivity contribution in [1.29, 1.82) is 0 Å². The molecule has 1 unspecified atom stereocenters. The molecule has 7 nitrogen and oxygen atoms in total. The molecule has 33 heavy (non-hydrogen) atoms. The molecule has 4 aromatic rings. The van der Waals surface area contributed by atoms with Gasteiger partial charge in [0, 0.05) is 30.5 Å². The molecule has 0 radical (unpaired) electrons. The normalized spacial score (nSPS) is 15.3. The Hall–Kier alpha value is -3.45. The summed E-state index contributed by atoms with van der Waals surface area (Å²) in [6.07, 6.45) is 7.09. The van der Waals surface area contributed by atoms with E-state index in [0.717, 1.165) is 17.5 Å². The Labute approximate surface area is 192 Å². The maximum atomic E-state index is 13.1. The molecule has 1 aliphatic heterocycles. The van der Waals surface area contributed by atoms with Crippen LogP contribution in [0.4, 0.5) is 0 Å². The van der Waals surface area contributed by atoms with Crippen molar-refractivity contribution in [3.05, 3.63) is 82.4 Å².